The molecule has 0 saturated carbocycles. The van der Waals surface area contributed by atoms with Crippen molar-refractivity contribution in [3.05, 3.63) is 0 Å². The first-order valence-electron chi connectivity index (χ1n) is 39.8. The second kappa shape index (κ2) is 67.5. The molecule has 0 spiro atoms. The summed E-state index contributed by atoms with van der Waals surface area (Å²) in [5.41, 5.74) is 0. The smallest absolute Gasteiger partial charge is 0.462 e. The summed E-state index contributed by atoms with van der Waals surface area (Å²) in [4.78, 5) is 72.8. The van der Waals surface area contributed by atoms with Gasteiger partial charge in [0.15, 0.2) is 12.2 Å². The summed E-state index contributed by atoms with van der Waals surface area (Å²) in [5, 5.41) is 10.6. The topological polar surface area (TPSA) is 237 Å². The first-order chi connectivity index (χ1) is 46.2. The summed E-state index contributed by atoms with van der Waals surface area (Å²) in [6.07, 6.45) is 54.2. The summed E-state index contributed by atoms with van der Waals surface area (Å²) in [5.74, 6) is 0.156. The molecule has 0 fully saturated rings. The Morgan fingerprint density at radius 2 is 0.479 bits per heavy atom. The number of phosphoric acid groups is 2. The molecule has 570 valence electrons. The molecule has 0 aliphatic rings. The van der Waals surface area contributed by atoms with Crippen molar-refractivity contribution >= 4 is 39.5 Å². The molecule has 2 unspecified atom stereocenters. The van der Waals surface area contributed by atoms with E-state index in [0.29, 0.717) is 31.6 Å². The van der Waals surface area contributed by atoms with Gasteiger partial charge in [0.1, 0.15) is 19.3 Å². The van der Waals surface area contributed by atoms with Gasteiger partial charge in [-0.25, -0.2) is 9.13 Å². The van der Waals surface area contributed by atoms with Crippen molar-refractivity contribution in [1.82, 2.24) is 0 Å². The summed E-state index contributed by atoms with van der Waals surface area (Å²) in [6.45, 7) is 11.9. The second-order valence-electron chi connectivity index (χ2n) is 29.2. The van der Waals surface area contributed by atoms with Crippen LogP contribution >= 0.6 is 15.6 Å². The first kappa shape index (κ1) is 94.1. The molecule has 19 heteroatoms. The quantitative estimate of drug-likeness (QED) is 0.0222. The van der Waals surface area contributed by atoms with Crippen LogP contribution in [0.3, 0.4) is 0 Å². The number of carbonyl (C=O) groups excluding carboxylic acids is 4. The molecule has 0 saturated heterocycles. The SMILES string of the molecule is CCCCCCCCCCCCCCCC(=O)O[C@H](COC(=O)CCCCCCCCC(C)C)COP(=O)(O)OC[C@H](O)COP(=O)(O)OC[C@@H](COC(=O)CCCCCCCCCCCCCCCC(C)C)OC(=O)CCCCCCCCCCCCCCCCCC(C)C. The van der Waals surface area contributed by atoms with Gasteiger partial charge >= 0.3 is 39.5 Å². The predicted octanol–water partition coefficient (Wildman–Crippen LogP) is 22.6. The minimum Gasteiger partial charge on any atom is -0.462 e. The summed E-state index contributed by atoms with van der Waals surface area (Å²) >= 11 is 0. The average molecular weight is 1410 g/mol. The number of hydrogen-bond acceptors (Lipinski definition) is 15. The number of aliphatic hydroxyl groups excluding tert-OH is 1. The molecule has 0 aromatic heterocycles. The van der Waals surface area contributed by atoms with Crippen molar-refractivity contribution in [3.8, 4) is 0 Å². The molecule has 0 aliphatic carbocycles. The minimum absolute atomic E-state index is 0.106. The first-order valence-corrected chi connectivity index (χ1v) is 42.8. The van der Waals surface area contributed by atoms with E-state index >= 15 is 0 Å². The lowest BCUT2D eigenvalue weighted by molar-refractivity contribution is -0.161. The molecule has 0 bridgehead atoms. The molecule has 5 atom stereocenters. The molecule has 0 aliphatic heterocycles. The van der Waals surface area contributed by atoms with Crippen molar-refractivity contribution in [3.63, 3.8) is 0 Å². The van der Waals surface area contributed by atoms with Gasteiger partial charge in [-0.3, -0.25) is 37.3 Å². The average Bonchev–Trinajstić information content (AvgIpc) is 1.42. The number of hydrogen-bond donors (Lipinski definition) is 3. The van der Waals surface area contributed by atoms with Crippen LogP contribution in [-0.2, 0) is 65.4 Å². The fourth-order valence-electron chi connectivity index (χ4n) is 11.8. The van der Waals surface area contributed by atoms with E-state index in [1.165, 1.54) is 199 Å². The third-order valence-electron chi connectivity index (χ3n) is 17.9. The number of ether oxygens (including phenoxy) is 4. The zero-order valence-electron chi connectivity index (χ0n) is 62.8. The van der Waals surface area contributed by atoms with Crippen LogP contribution in [0.4, 0.5) is 0 Å². The van der Waals surface area contributed by atoms with Crippen molar-refractivity contribution in [2.75, 3.05) is 39.6 Å². The molecule has 96 heavy (non-hydrogen) atoms. The third-order valence-corrected chi connectivity index (χ3v) is 19.8. The van der Waals surface area contributed by atoms with Crippen LogP contribution < -0.4 is 0 Å². The van der Waals surface area contributed by atoms with Crippen LogP contribution in [-0.4, -0.2) is 96.7 Å². The van der Waals surface area contributed by atoms with E-state index in [1.54, 1.807) is 0 Å². The fourth-order valence-corrected chi connectivity index (χ4v) is 13.4. The second-order valence-corrected chi connectivity index (χ2v) is 32.1. The van der Waals surface area contributed by atoms with Crippen LogP contribution in [0.1, 0.15) is 395 Å². The van der Waals surface area contributed by atoms with Gasteiger partial charge < -0.3 is 33.8 Å². The van der Waals surface area contributed by atoms with Gasteiger partial charge in [-0.1, -0.05) is 344 Å². The highest BCUT2D eigenvalue weighted by Crippen LogP contribution is 2.45. The Morgan fingerprint density at radius 3 is 0.708 bits per heavy atom. The van der Waals surface area contributed by atoms with Crippen LogP contribution in [0.25, 0.3) is 0 Å². The lowest BCUT2D eigenvalue weighted by atomic mass is 10.0. The molecule has 0 heterocycles. The molecule has 0 radical (unpaired) electrons. The van der Waals surface area contributed by atoms with Crippen molar-refractivity contribution in [2.45, 2.75) is 414 Å². The summed E-state index contributed by atoms with van der Waals surface area (Å²) < 4.78 is 68.5. The lowest BCUT2D eigenvalue weighted by Crippen LogP contribution is -2.30. The largest absolute Gasteiger partial charge is 0.472 e. The Bertz CT molecular complexity index is 1870. The van der Waals surface area contributed by atoms with E-state index in [0.717, 1.165) is 108 Å². The lowest BCUT2D eigenvalue weighted by Gasteiger charge is -2.21. The van der Waals surface area contributed by atoms with Gasteiger partial charge in [-0.05, 0) is 43.4 Å². The van der Waals surface area contributed by atoms with E-state index in [1.807, 2.05) is 0 Å². The van der Waals surface area contributed by atoms with Gasteiger partial charge in [-0.15, -0.1) is 0 Å². The number of phosphoric ester groups is 2. The van der Waals surface area contributed by atoms with Crippen LogP contribution in [0.5, 0.6) is 0 Å². The van der Waals surface area contributed by atoms with Gasteiger partial charge in [-0.2, -0.15) is 0 Å². The Labute approximate surface area is 588 Å². The van der Waals surface area contributed by atoms with E-state index in [-0.39, 0.29) is 25.7 Å². The normalized spacial score (nSPS) is 14.1. The maximum absolute atomic E-state index is 13.1. The number of esters is 4. The van der Waals surface area contributed by atoms with Crippen molar-refractivity contribution < 1.29 is 80.2 Å². The van der Waals surface area contributed by atoms with Crippen LogP contribution in [0.15, 0.2) is 0 Å². The Hall–Kier alpha value is -1.94. The predicted molar refractivity (Wildman–Crippen MR) is 391 cm³/mol. The maximum atomic E-state index is 13.1. The van der Waals surface area contributed by atoms with Gasteiger partial charge in [0.25, 0.3) is 0 Å². The number of carbonyl (C=O) groups is 4. The summed E-state index contributed by atoms with van der Waals surface area (Å²) in [6, 6.07) is 0. The molecule has 0 amide bonds. The molecule has 0 rings (SSSR count). The highest BCUT2D eigenvalue weighted by molar-refractivity contribution is 7.47. The number of unbranched alkanes of at least 4 members (excludes halogenated alkanes) is 43. The molecular weight excluding hydrogens is 1260 g/mol. The molecule has 0 aromatic carbocycles. The Kier molecular flexibility index (Phi) is 66.2. The molecule has 3 N–H and O–H groups in total. The number of rotatable bonds is 75. The maximum Gasteiger partial charge on any atom is 0.472 e. The zero-order chi connectivity index (χ0) is 70.9. The standard InChI is InChI=1S/C77H150O17P2/c1-8-9-10-11-12-13-14-19-27-32-37-46-53-60-77(82)94-73(65-88-75(80)59-52-45-40-39-43-50-57-70(6)7)67-92-96(85,86)90-63-71(78)62-89-95(83,84)91-66-72(64-87-74(79)58-51-44-36-31-26-23-18-21-25-30-35-42-49-56-69(4)5)93-76(81)61-54-47-38-33-28-22-17-15-16-20-24-29-34-41-48-55-68(2)3/h68-73,78H,8-67H2,1-7H3,(H,83,84)(H,85,86)/t71-,72-,73-/m1/s1. The van der Waals surface area contributed by atoms with Crippen LogP contribution in [0.2, 0.25) is 0 Å². The van der Waals surface area contributed by atoms with Gasteiger partial charge in [0, 0.05) is 25.7 Å². The van der Waals surface area contributed by atoms with Crippen molar-refractivity contribution in [2.24, 2.45) is 17.8 Å². The van der Waals surface area contributed by atoms with E-state index in [2.05, 4.69) is 48.5 Å². The molecule has 0 aromatic rings. The van der Waals surface area contributed by atoms with E-state index in [9.17, 15) is 43.2 Å². The molecular formula is C77H150O17P2. The van der Waals surface area contributed by atoms with E-state index < -0.39 is 97.5 Å². The highest BCUT2D eigenvalue weighted by Gasteiger charge is 2.30. The Balaban J connectivity index is 5.23. The molecule has 17 nitrogen and oxygen atoms in total. The van der Waals surface area contributed by atoms with Crippen LogP contribution in [0, 0.1) is 17.8 Å². The van der Waals surface area contributed by atoms with Gasteiger partial charge in [0.2, 0.25) is 0 Å². The zero-order valence-corrected chi connectivity index (χ0v) is 64.6. The van der Waals surface area contributed by atoms with E-state index in [4.69, 9.17) is 37.0 Å². The monoisotopic (exact) mass is 1410 g/mol. The minimum atomic E-state index is -4.96. The Morgan fingerprint density at radius 1 is 0.281 bits per heavy atom. The van der Waals surface area contributed by atoms with Crippen molar-refractivity contribution in [1.29, 1.82) is 0 Å². The fraction of sp³-hybridized carbons (Fsp3) is 0.948. The summed E-state index contributed by atoms with van der Waals surface area (Å²) in [7, 11) is -9.91. The van der Waals surface area contributed by atoms with Gasteiger partial charge in [0.05, 0.1) is 26.4 Å². The highest BCUT2D eigenvalue weighted by atomic mass is 31.2. The number of aliphatic hydroxyl groups is 1. The third kappa shape index (κ3) is 70.5.